The third-order valence-electron chi connectivity index (χ3n) is 4.08. The van der Waals surface area contributed by atoms with Crippen molar-refractivity contribution in [3.8, 4) is 0 Å². The zero-order valence-electron chi connectivity index (χ0n) is 12.1. The SMILES string of the molecule is Cc1nc(N)nc(NC2CCCCC2(C)C)c1[N+](=O)[O-]. The van der Waals surface area contributed by atoms with Gasteiger partial charge in [-0.1, -0.05) is 26.7 Å². The van der Waals surface area contributed by atoms with E-state index >= 15 is 0 Å². The molecule has 1 aliphatic carbocycles. The smallest absolute Gasteiger partial charge is 0.332 e. The summed E-state index contributed by atoms with van der Waals surface area (Å²) in [5.74, 6) is 0.296. The van der Waals surface area contributed by atoms with E-state index in [0.29, 0.717) is 5.69 Å². The Balaban J connectivity index is 2.35. The van der Waals surface area contributed by atoms with Gasteiger partial charge in [-0.3, -0.25) is 10.1 Å². The largest absolute Gasteiger partial charge is 0.368 e. The van der Waals surface area contributed by atoms with E-state index in [0.717, 1.165) is 19.3 Å². The maximum absolute atomic E-state index is 11.2. The number of nitrogen functional groups attached to an aromatic ring is 1. The van der Waals surface area contributed by atoms with Crippen molar-refractivity contribution in [1.82, 2.24) is 9.97 Å². The molecule has 1 fully saturated rings. The van der Waals surface area contributed by atoms with Crippen LogP contribution in [0.15, 0.2) is 0 Å². The van der Waals surface area contributed by atoms with E-state index in [9.17, 15) is 10.1 Å². The Kier molecular flexibility index (Phi) is 3.78. The predicted octanol–water partition coefficient (Wildman–Crippen LogP) is 2.66. The van der Waals surface area contributed by atoms with Gasteiger partial charge in [-0.05, 0) is 25.2 Å². The first-order valence-corrected chi connectivity index (χ1v) is 6.86. The third-order valence-corrected chi connectivity index (χ3v) is 4.08. The summed E-state index contributed by atoms with van der Waals surface area (Å²) in [6.45, 7) is 5.92. The minimum atomic E-state index is -0.451. The van der Waals surface area contributed by atoms with Crippen molar-refractivity contribution >= 4 is 17.5 Å². The number of anilines is 2. The van der Waals surface area contributed by atoms with E-state index in [4.69, 9.17) is 5.73 Å². The third kappa shape index (κ3) is 2.81. The molecule has 1 aliphatic rings. The van der Waals surface area contributed by atoms with Crippen molar-refractivity contribution in [1.29, 1.82) is 0 Å². The fourth-order valence-electron chi connectivity index (χ4n) is 2.83. The zero-order chi connectivity index (χ0) is 14.9. The van der Waals surface area contributed by atoms with Crippen LogP contribution in [-0.2, 0) is 0 Å². The van der Waals surface area contributed by atoms with Gasteiger partial charge in [0.2, 0.25) is 11.8 Å². The first-order valence-electron chi connectivity index (χ1n) is 6.86. The fraction of sp³-hybridized carbons (Fsp3) is 0.692. The minimum Gasteiger partial charge on any atom is -0.368 e. The first-order chi connectivity index (χ1) is 9.31. The molecule has 1 atom stereocenters. The zero-order valence-corrected chi connectivity index (χ0v) is 12.1. The highest BCUT2D eigenvalue weighted by molar-refractivity contribution is 5.60. The average Bonchev–Trinajstić information content (AvgIpc) is 2.30. The predicted molar refractivity (Wildman–Crippen MR) is 77.5 cm³/mol. The van der Waals surface area contributed by atoms with Crippen molar-refractivity contribution < 1.29 is 4.92 Å². The van der Waals surface area contributed by atoms with E-state index in [-0.39, 0.29) is 28.9 Å². The molecule has 0 bridgehead atoms. The standard InChI is InChI=1S/C13H21N5O2/c1-8-10(18(19)20)11(17-12(14)15-8)16-9-6-4-5-7-13(9,2)3/h9H,4-7H2,1-3H3,(H3,14,15,16,17). The second-order valence-corrected chi connectivity index (χ2v) is 6.05. The highest BCUT2D eigenvalue weighted by Gasteiger charge is 2.34. The van der Waals surface area contributed by atoms with Gasteiger partial charge in [-0.2, -0.15) is 4.98 Å². The number of aryl methyl sites for hydroxylation is 1. The normalized spacial score (nSPS) is 21.4. The van der Waals surface area contributed by atoms with Crippen LogP contribution in [0.3, 0.4) is 0 Å². The molecule has 1 heterocycles. The molecule has 0 spiro atoms. The second-order valence-electron chi connectivity index (χ2n) is 6.05. The van der Waals surface area contributed by atoms with E-state index in [1.165, 1.54) is 6.42 Å². The van der Waals surface area contributed by atoms with E-state index in [2.05, 4.69) is 29.1 Å². The van der Waals surface area contributed by atoms with Crippen molar-refractivity contribution in [2.75, 3.05) is 11.1 Å². The molecule has 1 saturated carbocycles. The maximum atomic E-state index is 11.2. The van der Waals surface area contributed by atoms with Crippen LogP contribution in [0.2, 0.25) is 0 Å². The van der Waals surface area contributed by atoms with Gasteiger partial charge in [0.15, 0.2) is 0 Å². The number of hydrogen-bond donors (Lipinski definition) is 2. The number of nitrogens with zero attached hydrogens (tertiary/aromatic N) is 3. The summed E-state index contributed by atoms with van der Waals surface area (Å²) in [6, 6.07) is 0.156. The molecular weight excluding hydrogens is 258 g/mol. The van der Waals surface area contributed by atoms with Crippen LogP contribution < -0.4 is 11.1 Å². The van der Waals surface area contributed by atoms with Gasteiger partial charge in [-0.25, -0.2) is 4.98 Å². The molecule has 20 heavy (non-hydrogen) atoms. The Morgan fingerprint density at radius 1 is 1.40 bits per heavy atom. The van der Waals surface area contributed by atoms with Gasteiger partial charge >= 0.3 is 5.69 Å². The quantitative estimate of drug-likeness (QED) is 0.650. The molecule has 110 valence electrons. The summed E-state index contributed by atoms with van der Waals surface area (Å²) in [4.78, 5) is 18.6. The van der Waals surface area contributed by atoms with Crippen LogP contribution in [0, 0.1) is 22.5 Å². The van der Waals surface area contributed by atoms with Crippen molar-refractivity contribution in [2.24, 2.45) is 5.41 Å². The van der Waals surface area contributed by atoms with Crippen molar-refractivity contribution in [3.63, 3.8) is 0 Å². The number of nitrogens with one attached hydrogen (secondary N) is 1. The molecule has 1 unspecified atom stereocenters. The van der Waals surface area contributed by atoms with Crippen molar-refractivity contribution in [2.45, 2.75) is 52.5 Å². The lowest BCUT2D eigenvalue weighted by molar-refractivity contribution is -0.385. The summed E-state index contributed by atoms with van der Waals surface area (Å²) < 4.78 is 0. The molecule has 3 N–H and O–H groups in total. The Labute approximate surface area is 118 Å². The monoisotopic (exact) mass is 279 g/mol. The summed E-state index contributed by atoms with van der Waals surface area (Å²) in [5.41, 5.74) is 5.91. The average molecular weight is 279 g/mol. The molecule has 0 amide bonds. The van der Waals surface area contributed by atoms with Gasteiger partial charge in [0.1, 0.15) is 5.69 Å². The number of hydrogen-bond acceptors (Lipinski definition) is 6. The highest BCUT2D eigenvalue weighted by Crippen LogP contribution is 2.38. The minimum absolute atomic E-state index is 0.0595. The van der Waals surface area contributed by atoms with Crippen LogP contribution in [0.4, 0.5) is 17.5 Å². The molecule has 7 heteroatoms. The number of aromatic nitrogens is 2. The maximum Gasteiger partial charge on any atom is 0.332 e. The molecule has 0 radical (unpaired) electrons. The van der Waals surface area contributed by atoms with Gasteiger partial charge in [-0.15, -0.1) is 0 Å². The lowest BCUT2D eigenvalue weighted by atomic mass is 9.73. The van der Waals surface area contributed by atoms with Crippen molar-refractivity contribution in [3.05, 3.63) is 15.8 Å². The molecule has 1 aromatic heterocycles. The lowest BCUT2D eigenvalue weighted by Crippen LogP contribution is -2.39. The van der Waals surface area contributed by atoms with E-state index < -0.39 is 4.92 Å². The second kappa shape index (κ2) is 5.22. The lowest BCUT2D eigenvalue weighted by Gasteiger charge is -2.39. The summed E-state index contributed by atoms with van der Waals surface area (Å²) >= 11 is 0. The summed E-state index contributed by atoms with van der Waals surface area (Å²) in [5, 5.41) is 14.4. The van der Waals surface area contributed by atoms with Crippen LogP contribution in [0.1, 0.15) is 45.2 Å². The molecule has 0 saturated heterocycles. The molecular formula is C13H21N5O2. The molecule has 1 aromatic rings. The van der Waals surface area contributed by atoms with Crippen LogP contribution in [-0.4, -0.2) is 20.9 Å². The molecule has 0 aliphatic heterocycles. The van der Waals surface area contributed by atoms with Crippen LogP contribution in [0.5, 0.6) is 0 Å². The summed E-state index contributed by atoms with van der Waals surface area (Å²) in [7, 11) is 0. The fourth-order valence-corrected chi connectivity index (χ4v) is 2.83. The van der Waals surface area contributed by atoms with Crippen LogP contribution >= 0.6 is 0 Å². The van der Waals surface area contributed by atoms with E-state index in [1.54, 1.807) is 6.92 Å². The van der Waals surface area contributed by atoms with Gasteiger partial charge < -0.3 is 11.1 Å². The number of rotatable bonds is 3. The van der Waals surface area contributed by atoms with Gasteiger partial charge in [0.05, 0.1) is 4.92 Å². The topological polar surface area (TPSA) is 107 Å². The highest BCUT2D eigenvalue weighted by atomic mass is 16.6. The van der Waals surface area contributed by atoms with E-state index in [1.807, 2.05) is 0 Å². The summed E-state index contributed by atoms with van der Waals surface area (Å²) in [6.07, 6.45) is 4.39. The van der Waals surface area contributed by atoms with Gasteiger partial charge in [0.25, 0.3) is 0 Å². The van der Waals surface area contributed by atoms with Crippen LogP contribution in [0.25, 0.3) is 0 Å². The number of nitro groups is 1. The molecule has 0 aromatic carbocycles. The Morgan fingerprint density at radius 3 is 2.70 bits per heavy atom. The Bertz CT molecular complexity index is 530. The first kappa shape index (κ1) is 14.5. The molecule has 2 rings (SSSR count). The molecule has 7 nitrogen and oxygen atoms in total. The Morgan fingerprint density at radius 2 is 2.10 bits per heavy atom. The number of nitrogens with two attached hydrogens (primary N) is 1. The Hall–Kier alpha value is -1.92. The van der Waals surface area contributed by atoms with Gasteiger partial charge in [0, 0.05) is 6.04 Å².